The Morgan fingerprint density at radius 1 is 1.00 bits per heavy atom. The lowest BCUT2D eigenvalue weighted by Crippen LogP contribution is -2.71. The molecular formula is C23H32N2O5. The Bertz CT molecular complexity index is 854. The summed E-state index contributed by atoms with van der Waals surface area (Å²) >= 11 is 0. The van der Waals surface area contributed by atoms with Crippen LogP contribution in [0.25, 0.3) is 0 Å². The van der Waals surface area contributed by atoms with E-state index < -0.39 is 39.9 Å². The van der Waals surface area contributed by atoms with Crippen molar-refractivity contribution < 1.29 is 24.6 Å². The molecule has 2 aliphatic heterocycles. The van der Waals surface area contributed by atoms with Crippen molar-refractivity contribution in [3.05, 3.63) is 30.3 Å². The molecule has 0 saturated carbocycles. The molecule has 0 aromatic heterocycles. The van der Waals surface area contributed by atoms with Crippen molar-refractivity contribution in [1.29, 1.82) is 0 Å². The number of benzene rings is 1. The lowest BCUT2D eigenvalue weighted by atomic mass is 9.48. The van der Waals surface area contributed by atoms with Gasteiger partial charge in [0.2, 0.25) is 5.91 Å². The van der Waals surface area contributed by atoms with E-state index in [1.807, 2.05) is 71.9 Å². The van der Waals surface area contributed by atoms with Crippen molar-refractivity contribution in [1.82, 2.24) is 4.90 Å². The first kappa shape index (κ1) is 22.1. The smallest absolute Gasteiger partial charge is 0.408 e. The van der Waals surface area contributed by atoms with Crippen LogP contribution < -0.4 is 4.90 Å². The molecule has 3 rings (SSSR count). The summed E-state index contributed by atoms with van der Waals surface area (Å²) in [7, 11) is 0. The molecule has 0 unspecified atom stereocenters. The predicted molar refractivity (Wildman–Crippen MR) is 113 cm³/mol. The molecule has 2 atom stereocenters. The van der Waals surface area contributed by atoms with Crippen LogP contribution in [-0.2, 0) is 9.59 Å². The van der Waals surface area contributed by atoms with Crippen molar-refractivity contribution in [3.63, 3.8) is 0 Å². The van der Waals surface area contributed by atoms with Crippen LogP contribution in [0.2, 0.25) is 0 Å². The quantitative estimate of drug-likeness (QED) is 0.757. The second-order valence-electron chi connectivity index (χ2n) is 10.7. The predicted octanol–water partition coefficient (Wildman–Crippen LogP) is 4.08. The molecule has 2 amide bonds. The molecular weight excluding hydrogens is 384 g/mol. The van der Waals surface area contributed by atoms with E-state index in [1.165, 1.54) is 0 Å². The molecule has 0 aliphatic carbocycles. The van der Waals surface area contributed by atoms with Crippen LogP contribution in [-0.4, -0.2) is 51.2 Å². The number of rotatable bonds is 2. The molecule has 164 valence electrons. The topological polar surface area (TPSA) is 98.1 Å². The number of para-hydroxylation sites is 1. The number of likely N-dealkylation sites (tertiary alicyclic amines) is 1. The van der Waals surface area contributed by atoms with Crippen molar-refractivity contribution in [2.45, 2.75) is 66.0 Å². The molecule has 2 fully saturated rings. The fraction of sp³-hybridized carbons (Fsp3) is 0.609. The molecule has 2 N–H and O–H groups in total. The van der Waals surface area contributed by atoms with Gasteiger partial charge in [-0.05, 0) is 29.4 Å². The molecule has 0 bridgehead atoms. The maximum atomic E-state index is 13.2. The van der Waals surface area contributed by atoms with Gasteiger partial charge in [-0.25, -0.2) is 9.59 Å². The Morgan fingerprint density at radius 3 is 1.97 bits per heavy atom. The number of hydrogen-bond acceptors (Lipinski definition) is 3. The first-order valence-electron chi connectivity index (χ1n) is 10.3. The summed E-state index contributed by atoms with van der Waals surface area (Å²) in [6.45, 7) is 12.0. The zero-order chi connectivity index (χ0) is 22.7. The third-order valence-electron chi connectivity index (χ3n) is 7.01. The van der Waals surface area contributed by atoms with Crippen LogP contribution in [0.3, 0.4) is 0 Å². The van der Waals surface area contributed by atoms with Gasteiger partial charge >= 0.3 is 12.1 Å². The number of aliphatic carboxylic acids is 1. The van der Waals surface area contributed by atoms with E-state index in [0.29, 0.717) is 0 Å². The summed E-state index contributed by atoms with van der Waals surface area (Å²) in [5.74, 6) is -1.27. The van der Waals surface area contributed by atoms with Gasteiger partial charge in [-0.3, -0.25) is 9.69 Å². The number of carbonyl (C=O) groups excluding carboxylic acids is 1. The third kappa shape index (κ3) is 2.81. The summed E-state index contributed by atoms with van der Waals surface area (Å²) in [5.41, 5.74) is -2.42. The van der Waals surface area contributed by atoms with Gasteiger partial charge in [0.15, 0.2) is 0 Å². The lowest BCUT2D eigenvalue weighted by Gasteiger charge is -2.62. The second-order valence-corrected chi connectivity index (χ2v) is 10.7. The van der Waals surface area contributed by atoms with Gasteiger partial charge in [-0.1, -0.05) is 59.7 Å². The fourth-order valence-electron chi connectivity index (χ4n) is 7.07. The maximum Gasteiger partial charge on any atom is 0.408 e. The average molecular weight is 417 g/mol. The van der Waals surface area contributed by atoms with E-state index in [-0.39, 0.29) is 25.3 Å². The van der Waals surface area contributed by atoms with Gasteiger partial charge in [0.1, 0.15) is 6.04 Å². The van der Waals surface area contributed by atoms with Crippen LogP contribution in [0.15, 0.2) is 30.3 Å². The minimum Gasteiger partial charge on any atom is -0.480 e. The Morgan fingerprint density at radius 2 is 1.53 bits per heavy atom. The Hall–Kier alpha value is -2.57. The number of carboxylic acid groups (broad SMARTS) is 2. The number of anilines is 1. The van der Waals surface area contributed by atoms with E-state index in [0.717, 1.165) is 10.6 Å². The molecule has 2 aliphatic rings. The average Bonchev–Trinajstić information content (AvgIpc) is 3.10. The van der Waals surface area contributed by atoms with Crippen molar-refractivity contribution >= 4 is 23.7 Å². The van der Waals surface area contributed by atoms with Crippen LogP contribution in [0, 0.1) is 16.2 Å². The zero-order valence-corrected chi connectivity index (χ0v) is 18.6. The minimum atomic E-state index is -1.25. The molecule has 1 aromatic carbocycles. The molecule has 7 nitrogen and oxygen atoms in total. The van der Waals surface area contributed by atoms with Crippen molar-refractivity contribution in [2.24, 2.45) is 16.2 Å². The highest BCUT2D eigenvalue weighted by atomic mass is 16.4. The summed E-state index contributed by atoms with van der Waals surface area (Å²) in [6.07, 6.45) is -1.03. The van der Waals surface area contributed by atoms with Crippen molar-refractivity contribution in [3.8, 4) is 0 Å². The number of nitrogens with zero attached hydrogens (tertiary/aromatic N) is 2. The molecule has 7 heteroatoms. The zero-order valence-electron chi connectivity index (χ0n) is 18.6. The van der Waals surface area contributed by atoms with Crippen LogP contribution in [0.4, 0.5) is 10.5 Å². The van der Waals surface area contributed by atoms with E-state index in [1.54, 1.807) is 4.90 Å². The SMILES string of the molecule is CC(C)(C)C1(C(C)(C)C)N(C(=O)O)[C@H](C(=O)O)C[C@@]12CC(=O)N(c1ccccc1)C2. The van der Waals surface area contributed by atoms with Crippen LogP contribution in [0.1, 0.15) is 54.4 Å². The Balaban J connectivity index is 2.30. The van der Waals surface area contributed by atoms with Crippen LogP contribution >= 0.6 is 0 Å². The lowest BCUT2D eigenvalue weighted by molar-refractivity contribution is -0.149. The molecule has 1 spiro atoms. The van der Waals surface area contributed by atoms with E-state index in [4.69, 9.17) is 0 Å². The monoisotopic (exact) mass is 416 g/mol. The van der Waals surface area contributed by atoms with Crippen molar-refractivity contribution in [2.75, 3.05) is 11.4 Å². The molecule has 0 radical (unpaired) electrons. The van der Waals surface area contributed by atoms with Crippen LogP contribution in [0.5, 0.6) is 0 Å². The second kappa shape index (κ2) is 6.72. The molecule has 1 aromatic rings. The fourth-order valence-corrected chi connectivity index (χ4v) is 7.07. The summed E-state index contributed by atoms with van der Waals surface area (Å²) < 4.78 is 0. The highest BCUT2D eigenvalue weighted by Gasteiger charge is 2.76. The first-order chi connectivity index (χ1) is 13.7. The number of hydrogen-bond donors (Lipinski definition) is 2. The van der Waals surface area contributed by atoms with Gasteiger partial charge in [0.05, 0.1) is 5.54 Å². The van der Waals surface area contributed by atoms with Gasteiger partial charge in [0.25, 0.3) is 0 Å². The number of carboxylic acids is 1. The van der Waals surface area contributed by atoms with Gasteiger partial charge < -0.3 is 15.1 Å². The normalized spacial score (nSPS) is 26.5. The maximum absolute atomic E-state index is 13.2. The highest BCUT2D eigenvalue weighted by molar-refractivity contribution is 5.97. The molecule has 2 saturated heterocycles. The molecule has 30 heavy (non-hydrogen) atoms. The third-order valence-corrected chi connectivity index (χ3v) is 7.01. The summed E-state index contributed by atoms with van der Waals surface area (Å²) in [4.78, 5) is 40.9. The number of amides is 2. The minimum absolute atomic E-state index is 0.101. The van der Waals surface area contributed by atoms with E-state index in [2.05, 4.69) is 0 Å². The Labute approximate surface area is 177 Å². The number of carbonyl (C=O) groups is 3. The summed E-state index contributed by atoms with van der Waals surface area (Å²) in [5, 5.41) is 20.2. The molecule has 2 heterocycles. The van der Waals surface area contributed by atoms with Gasteiger partial charge in [-0.15, -0.1) is 0 Å². The van der Waals surface area contributed by atoms with Gasteiger partial charge in [-0.2, -0.15) is 0 Å². The van der Waals surface area contributed by atoms with Gasteiger partial charge in [0, 0.05) is 24.1 Å². The highest BCUT2D eigenvalue weighted by Crippen LogP contribution is 2.67. The first-order valence-corrected chi connectivity index (χ1v) is 10.3. The van der Waals surface area contributed by atoms with E-state index >= 15 is 0 Å². The standard InChI is InChI=1S/C23H32N2O5/c1-20(2,3)23(21(4,5)6)22(12-16(18(27)28)25(23)19(29)30)13-17(26)24(14-22)15-10-8-7-9-11-15/h7-11,16H,12-14H2,1-6H3,(H,27,28)(H,29,30)/t16-,22-/m0/s1. The Kier molecular flexibility index (Phi) is 4.96. The largest absolute Gasteiger partial charge is 0.480 e. The van der Waals surface area contributed by atoms with E-state index in [9.17, 15) is 24.6 Å². The summed E-state index contributed by atoms with van der Waals surface area (Å²) in [6, 6.07) is 8.08.